The highest BCUT2D eigenvalue weighted by Gasteiger charge is 2.20. The van der Waals surface area contributed by atoms with Crippen molar-refractivity contribution >= 4 is 15.9 Å². The third-order valence-corrected chi connectivity index (χ3v) is 3.26. The second-order valence-corrected chi connectivity index (χ2v) is 4.12. The molecule has 1 aromatic carbocycles. The fraction of sp³-hybridized carbons (Fsp3) is 0.333. The van der Waals surface area contributed by atoms with Gasteiger partial charge in [0.05, 0.1) is 18.7 Å². The number of halogens is 1. The minimum absolute atomic E-state index is 0.175. The zero-order chi connectivity index (χ0) is 12.3. The fourth-order valence-electron chi connectivity index (χ4n) is 1.61. The van der Waals surface area contributed by atoms with Gasteiger partial charge in [-0.05, 0) is 29.3 Å². The fourth-order valence-corrected chi connectivity index (χ4v) is 2.25. The number of ether oxygens (including phenoxy) is 2. The molecule has 0 bridgehead atoms. The number of benzene rings is 1. The van der Waals surface area contributed by atoms with Crippen LogP contribution in [0.1, 0.15) is 11.1 Å². The van der Waals surface area contributed by atoms with Crippen LogP contribution in [0.2, 0.25) is 0 Å². The van der Waals surface area contributed by atoms with E-state index in [1.807, 2.05) is 0 Å². The second kappa shape index (κ2) is 5.25. The molecular weight excluding hydrogens is 272 g/mol. The van der Waals surface area contributed by atoms with Crippen LogP contribution in [0.3, 0.4) is 0 Å². The van der Waals surface area contributed by atoms with Crippen LogP contribution >= 0.6 is 15.9 Å². The van der Waals surface area contributed by atoms with Crippen molar-refractivity contribution in [3.63, 3.8) is 0 Å². The third-order valence-electron chi connectivity index (χ3n) is 2.41. The minimum atomic E-state index is 0.175. The first kappa shape index (κ1) is 12.9. The monoisotopic (exact) mass is 286 g/mol. The molecule has 0 heterocycles. The molecule has 16 heavy (non-hydrogen) atoms. The number of phenols is 1. The van der Waals surface area contributed by atoms with Gasteiger partial charge in [-0.15, -0.1) is 6.58 Å². The summed E-state index contributed by atoms with van der Waals surface area (Å²) in [5.41, 5.74) is 1.48. The normalized spacial score (nSPS) is 10.0. The summed E-state index contributed by atoms with van der Waals surface area (Å²) in [6.45, 7) is 5.46. The van der Waals surface area contributed by atoms with E-state index in [0.29, 0.717) is 28.0 Å². The largest absolute Gasteiger partial charge is 0.506 e. The predicted molar refractivity (Wildman–Crippen MR) is 67.5 cm³/mol. The number of phenolic OH excluding ortho intramolecular Hbond substituents is 1. The molecule has 0 aromatic heterocycles. The van der Waals surface area contributed by atoms with Crippen molar-refractivity contribution in [3.8, 4) is 17.2 Å². The Balaban J connectivity index is 3.57. The van der Waals surface area contributed by atoms with Gasteiger partial charge in [-0.1, -0.05) is 6.08 Å². The van der Waals surface area contributed by atoms with Crippen LogP contribution in [-0.2, 0) is 6.42 Å². The van der Waals surface area contributed by atoms with Gasteiger partial charge in [-0.2, -0.15) is 0 Å². The van der Waals surface area contributed by atoms with E-state index in [9.17, 15) is 5.11 Å². The summed E-state index contributed by atoms with van der Waals surface area (Å²) < 4.78 is 11.2. The zero-order valence-corrected chi connectivity index (χ0v) is 11.2. The summed E-state index contributed by atoms with van der Waals surface area (Å²) in [5, 5.41) is 9.93. The lowest BCUT2D eigenvalue weighted by Crippen LogP contribution is -1.99. The smallest absolute Gasteiger partial charge is 0.167 e. The number of methoxy groups -OCH3 is 2. The molecule has 0 aliphatic heterocycles. The highest BCUT2D eigenvalue weighted by Crippen LogP contribution is 2.45. The molecule has 0 aliphatic carbocycles. The highest BCUT2D eigenvalue weighted by molar-refractivity contribution is 9.10. The summed E-state index contributed by atoms with van der Waals surface area (Å²) in [6, 6.07) is 0. The van der Waals surface area contributed by atoms with Crippen LogP contribution in [0.5, 0.6) is 17.2 Å². The maximum Gasteiger partial charge on any atom is 0.167 e. The molecule has 3 nitrogen and oxygen atoms in total. The van der Waals surface area contributed by atoms with Crippen LogP contribution in [0.4, 0.5) is 0 Å². The lowest BCUT2D eigenvalue weighted by molar-refractivity contribution is 0.345. The van der Waals surface area contributed by atoms with Crippen LogP contribution < -0.4 is 9.47 Å². The standard InChI is InChI=1S/C12H15BrO3/c1-5-6-8-9(13)10(14)7(2)11(15-3)12(8)16-4/h5,14H,1,6H2,2-4H3. The van der Waals surface area contributed by atoms with E-state index in [1.165, 1.54) is 0 Å². The number of allylic oxidation sites excluding steroid dienone is 1. The van der Waals surface area contributed by atoms with Gasteiger partial charge >= 0.3 is 0 Å². The molecular formula is C12H15BrO3. The zero-order valence-electron chi connectivity index (χ0n) is 9.63. The number of hydrogen-bond donors (Lipinski definition) is 1. The molecule has 0 radical (unpaired) electrons. The van der Waals surface area contributed by atoms with Gasteiger partial charge in [-0.3, -0.25) is 0 Å². The summed E-state index contributed by atoms with van der Waals surface area (Å²) >= 11 is 3.35. The van der Waals surface area contributed by atoms with Crippen LogP contribution in [-0.4, -0.2) is 19.3 Å². The Hall–Kier alpha value is -1.16. The van der Waals surface area contributed by atoms with Gasteiger partial charge in [0.15, 0.2) is 11.5 Å². The van der Waals surface area contributed by atoms with E-state index >= 15 is 0 Å². The average molecular weight is 287 g/mol. The first-order valence-electron chi connectivity index (χ1n) is 4.81. The van der Waals surface area contributed by atoms with Crippen molar-refractivity contribution in [2.45, 2.75) is 13.3 Å². The van der Waals surface area contributed by atoms with Crippen molar-refractivity contribution in [3.05, 3.63) is 28.3 Å². The molecule has 1 N–H and O–H groups in total. The van der Waals surface area contributed by atoms with Crippen molar-refractivity contribution in [1.29, 1.82) is 0 Å². The Labute approximate surface area is 104 Å². The SMILES string of the molecule is C=CCc1c(Br)c(O)c(C)c(OC)c1OC. The lowest BCUT2D eigenvalue weighted by atomic mass is 10.1. The maximum atomic E-state index is 9.93. The third kappa shape index (κ3) is 2.02. The topological polar surface area (TPSA) is 38.7 Å². The second-order valence-electron chi connectivity index (χ2n) is 3.33. The molecule has 0 aliphatic rings. The van der Waals surface area contributed by atoms with E-state index in [4.69, 9.17) is 9.47 Å². The Morgan fingerprint density at radius 1 is 1.31 bits per heavy atom. The van der Waals surface area contributed by atoms with Crippen LogP contribution in [0.25, 0.3) is 0 Å². The summed E-state index contributed by atoms with van der Waals surface area (Å²) in [6.07, 6.45) is 2.34. The van der Waals surface area contributed by atoms with Crippen molar-refractivity contribution < 1.29 is 14.6 Å². The molecule has 4 heteroatoms. The predicted octanol–water partition coefficient (Wildman–Crippen LogP) is 3.21. The Morgan fingerprint density at radius 2 is 1.88 bits per heavy atom. The highest BCUT2D eigenvalue weighted by atomic mass is 79.9. The minimum Gasteiger partial charge on any atom is -0.506 e. The molecule has 0 atom stereocenters. The average Bonchev–Trinajstić information content (AvgIpc) is 2.29. The molecule has 0 saturated heterocycles. The summed E-state index contributed by atoms with van der Waals surface area (Å²) in [7, 11) is 3.13. The first-order chi connectivity index (χ1) is 7.58. The van der Waals surface area contributed by atoms with E-state index < -0.39 is 0 Å². The Kier molecular flexibility index (Phi) is 4.24. The van der Waals surface area contributed by atoms with Crippen molar-refractivity contribution in [1.82, 2.24) is 0 Å². The number of hydrogen-bond acceptors (Lipinski definition) is 3. The van der Waals surface area contributed by atoms with Crippen LogP contribution in [0.15, 0.2) is 17.1 Å². The van der Waals surface area contributed by atoms with E-state index in [-0.39, 0.29) is 5.75 Å². The van der Waals surface area contributed by atoms with Crippen LogP contribution in [0, 0.1) is 6.92 Å². The number of rotatable bonds is 4. The van der Waals surface area contributed by atoms with Crippen molar-refractivity contribution in [2.24, 2.45) is 0 Å². The maximum absolute atomic E-state index is 9.93. The molecule has 88 valence electrons. The quantitative estimate of drug-likeness (QED) is 0.864. The Morgan fingerprint density at radius 3 is 2.31 bits per heavy atom. The Bertz CT molecular complexity index is 413. The van der Waals surface area contributed by atoms with E-state index in [1.54, 1.807) is 27.2 Å². The molecule has 1 aromatic rings. The molecule has 1 rings (SSSR count). The van der Waals surface area contributed by atoms with Gasteiger partial charge in [0.25, 0.3) is 0 Å². The molecule has 0 fully saturated rings. The van der Waals surface area contributed by atoms with Crippen molar-refractivity contribution in [2.75, 3.05) is 14.2 Å². The first-order valence-corrected chi connectivity index (χ1v) is 5.60. The summed E-state index contributed by atoms with van der Waals surface area (Å²) in [4.78, 5) is 0. The number of aromatic hydroxyl groups is 1. The van der Waals surface area contributed by atoms with E-state index in [2.05, 4.69) is 22.5 Å². The van der Waals surface area contributed by atoms with Gasteiger partial charge < -0.3 is 14.6 Å². The van der Waals surface area contributed by atoms with E-state index in [0.717, 1.165) is 5.56 Å². The van der Waals surface area contributed by atoms with Gasteiger partial charge in [0.1, 0.15) is 5.75 Å². The molecule has 0 amide bonds. The molecule has 0 saturated carbocycles. The lowest BCUT2D eigenvalue weighted by Gasteiger charge is -2.17. The molecule has 0 spiro atoms. The van der Waals surface area contributed by atoms with Gasteiger partial charge in [-0.25, -0.2) is 0 Å². The molecule has 0 unspecified atom stereocenters. The van der Waals surface area contributed by atoms with Gasteiger partial charge in [0, 0.05) is 11.1 Å². The van der Waals surface area contributed by atoms with Gasteiger partial charge in [0.2, 0.25) is 0 Å². The summed E-state index contributed by atoms with van der Waals surface area (Å²) in [5.74, 6) is 1.36.